The Labute approximate surface area is 112 Å². The standard InChI is InChI=1S/C16H16O3/c1-2-16(18)13-6-8-14(9-7-13)19-15-5-3-4-12(10-15)11-17/h3-10,17H,2,11H2,1H3. The van der Waals surface area contributed by atoms with E-state index in [1.807, 2.05) is 25.1 Å². The van der Waals surface area contributed by atoms with Crippen LogP contribution in [0.5, 0.6) is 11.5 Å². The van der Waals surface area contributed by atoms with Gasteiger partial charge in [-0.25, -0.2) is 0 Å². The van der Waals surface area contributed by atoms with E-state index in [0.29, 0.717) is 23.5 Å². The summed E-state index contributed by atoms with van der Waals surface area (Å²) in [5.41, 5.74) is 1.49. The molecule has 0 aromatic heterocycles. The van der Waals surface area contributed by atoms with Crippen molar-refractivity contribution in [1.82, 2.24) is 0 Å². The van der Waals surface area contributed by atoms with E-state index < -0.39 is 0 Å². The Bertz CT molecular complexity index is 558. The van der Waals surface area contributed by atoms with Gasteiger partial charge in [-0.3, -0.25) is 4.79 Å². The Balaban J connectivity index is 2.12. The van der Waals surface area contributed by atoms with Crippen LogP contribution in [-0.4, -0.2) is 10.9 Å². The summed E-state index contributed by atoms with van der Waals surface area (Å²) < 4.78 is 5.67. The van der Waals surface area contributed by atoms with Crippen LogP contribution in [0.1, 0.15) is 29.3 Å². The summed E-state index contributed by atoms with van der Waals surface area (Å²) in [5.74, 6) is 1.46. The lowest BCUT2D eigenvalue weighted by Gasteiger charge is -2.07. The van der Waals surface area contributed by atoms with Gasteiger partial charge in [-0.15, -0.1) is 0 Å². The SMILES string of the molecule is CCC(=O)c1ccc(Oc2cccc(CO)c2)cc1. The molecule has 0 atom stereocenters. The van der Waals surface area contributed by atoms with Crippen molar-refractivity contribution in [3.05, 3.63) is 59.7 Å². The number of rotatable bonds is 5. The Morgan fingerprint density at radius 1 is 1.11 bits per heavy atom. The second-order valence-electron chi connectivity index (χ2n) is 4.21. The zero-order valence-electron chi connectivity index (χ0n) is 10.8. The van der Waals surface area contributed by atoms with Gasteiger partial charge in [0.25, 0.3) is 0 Å². The fourth-order valence-corrected chi connectivity index (χ4v) is 1.76. The second kappa shape index (κ2) is 6.16. The Kier molecular flexibility index (Phi) is 4.31. The highest BCUT2D eigenvalue weighted by Crippen LogP contribution is 2.23. The van der Waals surface area contributed by atoms with Crippen molar-refractivity contribution in [2.45, 2.75) is 20.0 Å². The lowest BCUT2D eigenvalue weighted by Crippen LogP contribution is -1.95. The highest BCUT2D eigenvalue weighted by Gasteiger charge is 2.03. The fraction of sp³-hybridized carbons (Fsp3) is 0.188. The maximum Gasteiger partial charge on any atom is 0.162 e. The van der Waals surface area contributed by atoms with Crippen LogP contribution < -0.4 is 4.74 Å². The van der Waals surface area contributed by atoms with Crippen LogP contribution in [0.3, 0.4) is 0 Å². The van der Waals surface area contributed by atoms with Crippen LogP contribution >= 0.6 is 0 Å². The number of Topliss-reactive ketones (excluding diaryl/α,β-unsaturated/α-hetero) is 1. The summed E-state index contributed by atoms with van der Waals surface area (Å²) >= 11 is 0. The van der Waals surface area contributed by atoms with Gasteiger partial charge in [-0.2, -0.15) is 0 Å². The third-order valence-electron chi connectivity index (χ3n) is 2.81. The van der Waals surface area contributed by atoms with Gasteiger partial charge in [0.1, 0.15) is 11.5 Å². The minimum absolute atomic E-state index is 0.0128. The maximum absolute atomic E-state index is 11.5. The Hall–Kier alpha value is -2.13. The molecule has 0 spiro atoms. The summed E-state index contributed by atoms with van der Waals surface area (Å²) in [6, 6.07) is 14.3. The van der Waals surface area contributed by atoms with Gasteiger partial charge in [-0.1, -0.05) is 19.1 Å². The second-order valence-corrected chi connectivity index (χ2v) is 4.21. The van der Waals surface area contributed by atoms with E-state index in [1.165, 1.54) is 0 Å². The molecule has 0 aliphatic carbocycles. The average molecular weight is 256 g/mol. The zero-order valence-corrected chi connectivity index (χ0v) is 10.8. The average Bonchev–Trinajstić information content (AvgIpc) is 2.47. The van der Waals surface area contributed by atoms with Gasteiger partial charge in [0.05, 0.1) is 6.61 Å². The van der Waals surface area contributed by atoms with Crippen molar-refractivity contribution < 1.29 is 14.6 Å². The van der Waals surface area contributed by atoms with Crippen LogP contribution in [0, 0.1) is 0 Å². The molecule has 19 heavy (non-hydrogen) atoms. The maximum atomic E-state index is 11.5. The van der Waals surface area contributed by atoms with E-state index in [2.05, 4.69) is 0 Å². The van der Waals surface area contributed by atoms with Crippen molar-refractivity contribution in [2.24, 2.45) is 0 Å². The molecule has 0 aliphatic rings. The number of aliphatic hydroxyl groups is 1. The van der Waals surface area contributed by atoms with Gasteiger partial charge in [-0.05, 0) is 42.0 Å². The molecular formula is C16H16O3. The van der Waals surface area contributed by atoms with Crippen molar-refractivity contribution in [1.29, 1.82) is 0 Å². The minimum atomic E-state index is -0.0128. The number of ether oxygens (including phenoxy) is 1. The summed E-state index contributed by atoms with van der Waals surface area (Å²) in [6.45, 7) is 1.83. The summed E-state index contributed by atoms with van der Waals surface area (Å²) in [6.07, 6.45) is 0.499. The molecule has 0 unspecified atom stereocenters. The predicted octanol–water partition coefficient (Wildman–Crippen LogP) is 3.56. The molecule has 2 aromatic rings. The molecule has 98 valence electrons. The fourth-order valence-electron chi connectivity index (χ4n) is 1.76. The van der Waals surface area contributed by atoms with Gasteiger partial charge >= 0.3 is 0 Å². The molecule has 2 rings (SSSR count). The first-order valence-corrected chi connectivity index (χ1v) is 6.24. The first kappa shape index (κ1) is 13.3. The third kappa shape index (κ3) is 3.42. The third-order valence-corrected chi connectivity index (χ3v) is 2.81. The quantitative estimate of drug-likeness (QED) is 0.832. The van der Waals surface area contributed by atoms with Crippen molar-refractivity contribution in [3.63, 3.8) is 0 Å². The van der Waals surface area contributed by atoms with Crippen LogP contribution in [0.25, 0.3) is 0 Å². The van der Waals surface area contributed by atoms with E-state index in [4.69, 9.17) is 9.84 Å². The molecule has 0 fully saturated rings. The van der Waals surface area contributed by atoms with Gasteiger partial charge in [0.15, 0.2) is 5.78 Å². The number of aliphatic hydroxyl groups excluding tert-OH is 1. The predicted molar refractivity (Wildman–Crippen MR) is 73.5 cm³/mol. The Morgan fingerprint density at radius 3 is 2.47 bits per heavy atom. The normalized spacial score (nSPS) is 10.2. The van der Waals surface area contributed by atoms with Gasteiger partial charge in [0, 0.05) is 12.0 Å². The van der Waals surface area contributed by atoms with E-state index in [-0.39, 0.29) is 12.4 Å². The molecule has 0 bridgehead atoms. The number of hydrogen-bond acceptors (Lipinski definition) is 3. The van der Waals surface area contributed by atoms with Gasteiger partial charge < -0.3 is 9.84 Å². The van der Waals surface area contributed by atoms with Crippen molar-refractivity contribution >= 4 is 5.78 Å². The molecule has 0 amide bonds. The molecular weight excluding hydrogens is 240 g/mol. The van der Waals surface area contributed by atoms with E-state index in [9.17, 15) is 4.79 Å². The first-order valence-electron chi connectivity index (χ1n) is 6.24. The summed E-state index contributed by atoms with van der Waals surface area (Å²) in [4.78, 5) is 11.5. The van der Waals surface area contributed by atoms with E-state index in [1.54, 1.807) is 30.3 Å². The molecule has 3 nitrogen and oxygen atoms in total. The van der Waals surface area contributed by atoms with Crippen LogP contribution in [-0.2, 0) is 6.61 Å². The molecule has 3 heteroatoms. The molecule has 0 heterocycles. The molecule has 2 aromatic carbocycles. The van der Waals surface area contributed by atoms with Crippen LogP contribution in [0.15, 0.2) is 48.5 Å². The molecule has 0 saturated heterocycles. The highest BCUT2D eigenvalue weighted by molar-refractivity contribution is 5.95. The van der Waals surface area contributed by atoms with Gasteiger partial charge in [0.2, 0.25) is 0 Å². The van der Waals surface area contributed by atoms with Crippen LogP contribution in [0.4, 0.5) is 0 Å². The number of ketones is 1. The largest absolute Gasteiger partial charge is 0.457 e. The minimum Gasteiger partial charge on any atom is -0.457 e. The van der Waals surface area contributed by atoms with E-state index >= 15 is 0 Å². The molecule has 0 saturated carbocycles. The summed E-state index contributed by atoms with van der Waals surface area (Å²) in [5, 5.41) is 9.06. The molecule has 0 aliphatic heterocycles. The van der Waals surface area contributed by atoms with E-state index in [0.717, 1.165) is 5.56 Å². The number of carbonyl (C=O) groups is 1. The topological polar surface area (TPSA) is 46.5 Å². The lowest BCUT2D eigenvalue weighted by molar-refractivity contribution is 0.0988. The Morgan fingerprint density at radius 2 is 1.84 bits per heavy atom. The monoisotopic (exact) mass is 256 g/mol. The van der Waals surface area contributed by atoms with Crippen molar-refractivity contribution in [2.75, 3.05) is 0 Å². The first-order chi connectivity index (χ1) is 9.22. The number of carbonyl (C=O) groups excluding carboxylic acids is 1. The summed E-state index contributed by atoms with van der Waals surface area (Å²) in [7, 11) is 0. The lowest BCUT2D eigenvalue weighted by atomic mass is 10.1. The van der Waals surface area contributed by atoms with Crippen molar-refractivity contribution in [3.8, 4) is 11.5 Å². The molecule has 0 radical (unpaired) electrons. The number of benzene rings is 2. The number of hydrogen-bond donors (Lipinski definition) is 1. The smallest absolute Gasteiger partial charge is 0.162 e. The highest BCUT2D eigenvalue weighted by atomic mass is 16.5. The molecule has 1 N–H and O–H groups in total. The van der Waals surface area contributed by atoms with Crippen LogP contribution in [0.2, 0.25) is 0 Å². The zero-order chi connectivity index (χ0) is 13.7.